The van der Waals surface area contributed by atoms with Crippen LogP contribution in [0.1, 0.15) is 22.1 Å². The van der Waals surface area contributed by atoms with Crippen LogP contribution in [0, 0.1) is 11.6 Å². The molecule has 0 unspecified atom stereocenters. The first kappa shape index (κ1) is 13.6. The summed E-state index contributed by atoms with van der Waals surface area (Å²) in [5.74, 6) is -1.60. The topological polar surface area (TPSA) is 71.8 Å². The number of amides is 1. The Hall–Kier alpha value is -2.35. The van der Waals surface area contributed by atoms with Crippen LogP contribution in [0.25, 0.3) is 0 Å². The van der Waals surface area contributed by atoms with E-state index in [0.717, 1.165) is 31.3 Å². The van der Waals surface area contributed by atoms with Crippen molar-refractivity contribution in [2.75, 3.05) is 13.1 Å². The van der Waals surface area contributed by atoms with E-state index in [1.165, 1.54) is 0 Å². The Morgan fingerprint density at radius 3 is 2.95 bits per heavy atom. The standard InChI is InChI=1S/C13H13F2N5O/c14-9-1-2-11(15)8(3-9)4-17-13(21)12-7-20(19-18-12)10-5-16-6-10/h1-3,7,10,16H,4-6H2,(H,17,21). The third-order valence-electron chi connectivity index (χ3n) is 3.32. The van der Waals surface area contributed by atoms with Gasteiger partial charge in [0.2, 0.25) is 0 Å². The molecular formula is C13H13F2N5O. The summed E-state index contributed by atoms with van der Waals surface area (Å²) >= 11 is 0. The van der Waals surface area contributed by atoms with Crippen molar-refractivity contribution in [2.45, 2.75) is 12.6 Å². The van der Waals surface area contributed by atoms with Gasteiger partial charge in [-0.3, -0.25) is 4.79 Å². The molecule has 1 aliphatic rings. The van der Waals surface area contributed by atoms with Gasteiger partial charge < -0.3 is 10.6 Å². The van der Waals surface area contributed by atoms with Gasteiger partial charge in [0.25, 0.3) is 5.91 Å². The van der Waals surface area contributed by atoms with Crippen molar-refractivity contribution in [1.82, 2.24) is 25.6 Å². The average Bonchev–Trinajstić information content (AvgIpc) is 2.87. The molecule has 1 aliphatic heterocycles. The van der Waals surface area contributed by atoms with Crippen molar-refractivity contribution in [3.8, 4) is 0 Å². The number of carbonyl (C=O) groups is 1. The summed E-state index contributed by atoms with van der Waals surface area (Å²) in [6, 6.07) is 3.31. The summed E-state index contributed by atoms with van der Waals surface area (Å²) in [5, 5.41) is 13.2. The second-order valence-electron chi connectivity index (χ2n) is 4.81. The van der Waals surface area contributed by atoms with Gasteiger partial charge in [-0.1, -0.05) is 5.21 Å². The number of nitrogens with one attached hydrogen (secondary N) is 2. The molecule has 0 spiro atoms. The molecule has 1 saturated heterocycles. The molecule has 3 rings (SSSR count). The molecule has 21 heavy (non-hydrogen) atoms. The van der Waals surface area contributed by atoms with Gasteiger partial charge in [-0.05, 0) is 18.2 Å². The number of carbonyl (C=O) groups excluding carboxylic acids is 1. The predicted octanol–water partition coefficient (Wildman–Crippen LogP) is 0.631. The van der Waals surface area contributed by atoms with Crippen molar-refractivity contribution in [3.05, 3.63) is 47.3 Å². The Kier molecular flexibility index (Phi) is 3.61. The molecule has 0 radical (unpaired) electrons. The van der Waals surface area contributed by atoms with Crippen LogP contribution in [0.3, 0.4) is 0 Å². The van der Waals surface area contributed by atoms with Crippen molar-refractivity contribution < 1.29 is 13.6 Å². The molecule has 1 fully saturated rings. The molecule has 1 amide bonds. The van der Waals surface area contributed by atoms with Crippen molar-refractivity contribution in [1.29, 1.82) is 0 Å². The minimum atomic E-state index is -0.569. The lowest BCUT2D eigenvalue weighted by Gasteiger charge is -2.26. The smallest absolute Gasteiger partial charge is 0.273 e. The highest BCUT2D eigenvalue weighted by molar-refractivity contribution is 5.91. The Labute approximate surface area is 119 Å². The van der Waals surface area contributed by atoms with E-state index in [0.29, 0.717) is 0 Å². The van der Waals surface area contributed by atoms with Crippen LogP contribution in [0.4, 0.5) is 8.78 Å². The van der Waals surface area contributed by atoms with Crippen molar-refractivity contribution in [2.24, 2.45) is 0 Å². The molecular weight excluding hydrogens is 280 g/mol. The average molecular weight is 293 g/mol. The van der Waals surface area contributed by atoms with Gasteiger partial charge in [0, 0.05) is 25.2 Å². The van der Waals surface area contributed by atoms with Crippen LogP contribution < -0.4 is 10.6 Å². The van der Waals surface area contributed by atoms with E-state index >= 15 is 0 Å². The van der Waals surface area contributed by atoms with E-state index in [-0.39, 0.29) is 23.8 Å². The number of halogens is 2. The maximum atomic E-state index is 13.4. The van der Waals surface area contributed by atoms with E-state index < -0.39 is 17.5 Å². The van der Waals surface area contributed by atoms with Crippen LogP contribution in [0.5, 0.6) is 0 Å². The highest BCUT2D eigenvalue weighted by atomic mass is 19.1. The fourth-order valence-electron chi connectivity index (χ4n) is 1.96. The fraction of sp³-hybridized carbons (Fsp3) is 0.308. The summed E-state index contributed by atoms with van der Waals surface area (Å²) in [7, 11) is 0. The molecule has 0 saturated carbocycles. The van der Waals surface area contributed by atoms with Crippen LogP contribution >= 0.6 is 0 Å². The molecule has 2 heterocycles. The molecule has 1 aromatic carbocycles. The molecule has 0 aliphatic carbocycles. The minimum absolute atomic E-state index is 0.0823. The Morgan fingerprint density at radius 2 is 2.24 bits per heavy atom. The van der Waals surface area contributed by atoms with Gasteiger partial charge in [-0.25, -0.2) is 13.5 Å². The van der Waals surface area contributed by atoms with E-state index in [9.17, 15) is 13.6 Å². The normalized spacial score (nSPS) is 14.8. The Bertz CT molecular complexity index is 668. The Balaban J connectivity index is 1.63. The lowest BCUT2D eigenvalue weighted by atomic mass is 10.2. The monoisotopic (exact) mass is 293 g/mol. The fourth-order valence-corrected chi connectivity index (χ4v) is 1.96. The first-order valence-electron chi connectivity index (χ1n) is 6.48. The maximum Gasteiger partial charge on any atom is 0.273 e. The predicted molar refractivity (Wildman–Crippen MR) is 69.5 cm³/mol. The first-order chi connectivity index (χ1) is 10.1. The third-order valence-corrected chi connectivity index (χ3v) is 3.32. The maximum absolute atomic E-state index is 13.4. The second-order valence-corrected chi connectivity index (χ2v) is 4.81. The highest BCUT2D eigenvalue weighted by Crippen LogP contribution is 2.11. The van der Waals surface area contributed by atoms with Crippen molar-refractivity contribution >= 4 is 5.91 Å². The zero-order valence-electron chi connectivity index (χ0n) is 11.0. The quantitative estimate of drug-likeness (QED) is 0.867. The van der Waals surface area contributed by atoms with E-state index in [1.807, 2.05) is 0 Å². The minimum Gasteiger partial charge on any atom is -0.346 e. The molecule has 6 nitrogen and oxygen atoms in total. The number of rotatable bonds is 4. The van der Waals surface area contributed by atoms with Crippen molar-refractivity contribution in [3.63, 3.8) is 0 Å². The highest BCUT2D eigenvalue weighted by Gasteiger charge is 2.21. The van der Waals surface area contributed by atoms with Gasteiger partial charge in [0.15, 0.2) is 5.69 Å². The molecule has 8 heteroatoms. The summed E-state index contributed by atoms with van der Waals surface area (Å²) in [4.78, 5) is 11.9. The second kappa shape index (κ2) is 5.57. The largest absolute Gasteiger partial charge is 0.346 e. The lowest BCUT2D eigenvalue weighted by Crippen LogP contribution is -2.43. The van der Waals surface area contributed by atoms with Crippen LogP contribution in [0.15, 0.2) is 24.4 Å². The zero-order valence-corrected chi connectivity index (χ0v) is 11.0. The van der Waals surface area contributed by atoms with Gasteiger partial charge in [0.1, 0.15) is 11.6 Å². The first-order valence-corrected chi connectivity index (χ1v) is 6.48. The van der Waals surface area contributed by atoms with Crippen LogP contribution in [-0.2, 0) is 6.54 Å². The molecule has 110 valence electrons. The van der Waals surface area contributed by atoms with Gasteiger partial charge >= 0.3 is 0 Å². The summed E-state index contributed by atoms with van der Waals surface area (Å²) in [5.41, 5.74) is 0.234. The molecule has 2 N–H and O–H groups in total. The number of hydrogen-bond acceptors (Lipinski definition) is 4. The third kappa shape index (κ3) is 2.89. The van der Waals surface area contributed by atoms with Gasteiger partial charge in [-0.15, -0.1) is 5.10 Å². The van der Waals surface area contributed by atoms with E-state index in [1.54, 1.807) is 10.9 Å². The van der Waals surface area contributed by atoms with Crippen LogP contribution in [-0.4, -0.2) is 34.0 Å². The van der Waals surface area contributed by atoms with E-state index in [2.05, 4.69) is 20.9 Å². The number of benzene rings is 1. The lowest BCUT2D eigenvalue weighted by molar-refractivity contribution is 0.0945. The number of nitrogens with zero attached hydrogens (tertiary/aromatic N) is 3. The van der Waals surface area contributed by atoms with Crippen LogP contribution in [0.2, 0.25) is 0 Å². The Morgan fingerprint density at radius 1 is 1.43 bits per heavy atom. The molecule has 2 aromatic rings. The number of hydrogen-bond donors (Lipinski definition) is 2. The summed E-state index contributed by atoms with van der Waals surface area (Å²) in [6.45, 7) is 1.47. The van der Waals surface area contributed by atoms with E-state index in [4.69, 9.17) is 0 Å². The molecule has 0 atom stereocenters. The van der Waals surface area contributed by atoms with Gasteiger partial charge in [-0.2, -0.15) is 0 Å². The molecule has 1 aromatic heterocycles. The molecule has 0 bridgehead atoms. The summed E-state index contributed by atoms with van der Waals surface area (Å²) in [6.07, 6.45) is 1.54. The van der Waals surface area contributed by atoms with Gasteiger partial charge in [0.05, 0.1) is 12.2 Å². The summed E-state index contributed by atoms with van der Waals surface area (Å²) < 4.78 is 28.1. The zero-order chi connectivity index (χ0) is 14.8. The number of aromatic nitrogens is 3. The SMILES string of the molecule is O=C(NCc1cc(F)ccc1F)c1cn(C2CNC2)nn1.